The third-order valence-corrected chi connectivity index (χ3v) is 9.03. The maximum Gasteiger partial charge on any atom is 0.416 e. The highest BCUT2D eigenvalue weighted by Crippen LogP contribution is 2.34. The molecule has 4 aromatic rings. The third-order valence-electron chi connectivity index (χ3n) is 9.03. The van der Waals surface area contributed by atoms with Crippen molar-refractivity contribution in [2.24, 2.45) is 0 Å². The molecule has 270 valence electrons. The molecule has 0 radical (unpaired) electrons. The lowest BCUT2D eigenvalue weighted by molar-refractivity contribution is -0.138. The molecule has 2 aromatic carbocycles. The number of alkyl halides is 6. The number of hydrogen-bond acceptors (Lipinski definition) is 7. The molecule has 0 saturated carbocycles. The smallest absolute Gasteiger partial charge is 0.416 e. The molecular formula is C34H36F6N4O6. The van der Waals surface area contributed by atoms with Crippen LogP contribution in [0.4, 0.5) is 31.1 Å². The van der Waals surface area contributed by atoms with Crippen molar-refractivity contribution < 1.29 is 44.9 Å². The SMILES string of the molecule is COC(=O)N1CC[C@H](c2cc(=O)[nH]o2)C[C@@H]1Cc1ccc(C(F)(F)F)cc1.O=c1cc([C@H]2CCN[C@@H](Cc3ccc(C(F)(F)F)cc3)C2)o[nH]1. The van der Waals surface area contributed by atoms with E-state index >= 15 is 0 Å². The van der Waals surface area contributed by atoms with Crippen LogP contribution < -0.4 is 16.4 Å². The summed E-state index contributed by atoms with van der Waals surface area (Å²) in [5.41, 5.74) is -0.404. The van der Waals surface area contributed by atoms with Gasteiger partial charge in [-0.2, -0.15) is 36.7 Å². The zero-order chi connectivity index (χ0) is 36.1. The molecule has 2 fully saturated rings. The fraction of sp³-hybridized carbons (Fsp3) is 0.441. The third kappa shape index (κ3) is 9.49. The molecule has 10 nitrogen and oxygen atoms in total. The zero-order valence-electron chi connectivity index (χ0n) is 26.9. The second-order valence-electron chi connectivity index (χ2n) is 12.4. The number of nitrogens with zero attached hydrogens (tertiary/aromatic N) is 1. The molecule has 0 spiro atoms. The highest BCUT2D eigenvalue weighted by Gasteiger charge is 2.35. The number of methoxy groups -OCH3 is 1. The van der Waals surface area contributed by atoms with Crippen LogP contribution >= 0.6 is 0 Å². The van der Waals surface area contributed by atoms with Gasteiger partial charge in [0.15, 0.2) is 0 Å². The fourth-order valence-corrected chi connectivity index (χ4v) is 6.49. The number of aromatic nitrogens is 2. The number of piperidine rings is 2. The summed E-state index contributed by atoms with van der Waals surface area (Å²) in [5.74, 6) is 1.25. The van der Waals surface area contributed by atoms with E-state index < -0.39 is 29.6 Å². The standard InChI is InChI=1S/C18H19F3N2O4.C16H17F3N2O2/c1-26-17(25)23-7-6-12(15-10-16(24)22-27-15)9-14(23)8-11-2-4-13(5-3-11)18(19,20)21;17-16(18,19)12-3-1-10(2-4-12)7-13-8-11(5-6-20-13)14-9-15(22)21-23-14/h2-5,10,12,14H,6-9H2,1H3,(H,22,24);1-4,9,11,13,20H,5-8H2,(H,21,22)/t12-,14-;11-,13-/m00/s1. The molecule has 2 saturated heterocycles. The number of amides is 1. The average molecular weight is 711 g/mol. The predicted octanol–water partition coefficient (Wildman–Crippen LogP) is 6.61. The van der Waals surface area contributed by atoms with Gasteiger partial charge in [0.2, 0.25) is 0 Å². The minimum atomic E-state index is -4.39. The van der Waals surface area contributed by atoms with Gasteiger partial charge in [0.25, 0.3) is 11.1 Å². The number of carbonyl (C=O) groups excluding carboxylic acids is 1. The Morgan fingerprint density at radius 1 is 0.780 bits per heavy atom. The summed E-state index contributed by atoms with van der Waals surface area (Å²) in [4.78, 5) is 36.1. The molecule has 50 heavy (non-hydrogen) atoms. The number of likely N-dealkylation sites (tertiary alicyclic amines) is 1. The van der Waals surface area contributed by atoms with E-state index in [2.05, 4.69) is 15.6 Å². The van der Waals surface area contributed by atoms with Crippen LogP contribution in [-0.2, 0) is 29.9 Å². The van der Waals surface area contributed by atoms with Crippen LogP contribution in [0, 0.1) is 0 Å². The van der Waals surface area contributed by atoms with Gasteiger partial charge in [-0.25, -0.2) is 4.79 Å². The van der Waals surface area contributed by atoms with Gasteiger partial charge in [0, 0.05) is 42.6 Å². The molecule has 16 heteroatoms. The van der Waals surface area contributed by atoms with Gasteiger partial charge < -0.3 is 24.0 Å². The summed E-state index contributed by atoms with van der Waals surface area (Å²) in [5, 5.41) is 7.91. The monoisotopic (exact) mass is 710 g/mol. The second kappa shape index (κ2) is 15.4. The van der Waals surface area contributed by atoms with Gasteiger partial charge in [-0.15, -0.1) is 0 Å². The van der Waals surface area contributed by atoms with Gasteiger partial charge in [-0.05, 0) is 80.5 Å². The summed E-state index contributed by atoms with van der Waals surface area (Å²) in [6.07, 6.45) is -5.41. The van der Waals surface area contributed by atoms with Crippen LogP contribution in [0.3, 0.4) is 0 Å². The van der Waals surface area contributed by atoms with Crippen LogP contribution in [0.25, 0.3) is 0 Å². The highest BCUT2D eigenvalue weighted by atomic mass is 19.4. The molecule has 1 amide bonds. The molecule has 4 heterocycles. The van der Waals surface area contributed by atoms with Crippen LogP contribution in [0.1, 0.15) is 71.3 Å². The number of rotatable bonds is 6. The van der Waals surface area contributed by atoms with E-state index in [-0.39, 0.29) is 35.0 Å². The van der Waals surface area contributed by atoms with Crippen molar-refractivity contribution in [3.05, 3.63) is 115 Å². The van der Waals surface area contributed by atoms with E-state index in [9.17, 15) is 40.7 Å². The van der Waals surface area contributed by atoms with Gasteiger partial charge in [0.05, 0.1) is 18.2 Å². The fourth-order valence-electron chi connectivity index (χ4n) is 6.49. The molecule has 0 bridgehead atoms. The van der Waals surface area contributed by atoms with E-state index in [1.807, 2.05) is 0 Å². The van der Waals surface area contributed by atoms with E-state index in [4.69, 9.17) is 13.8 Å². The van der Waals surface area contributed by atoms with Crippen LogP contribution in [0.2, 0.25) is 0 Å². The van der Waals surface area contributed by atoms with Gasteiger partial charge in [-0.3, -0.25) is 9.59 Å². The maximum absolute atomic E-state index is 12.7. The topological polar surface area (TPSA) is 134 Å². The number of aromatic amines is 2. The number of H-pyrrole nitrogens is 2. The minimum Gasteiger partial charge on any atom is -0.453 e. The maximum atomic E-state index is 12.7. The Morgan fingerprint density at radius 3 is 1.74 bits per heavy atom. The first-order chi connectivity index (χ1) is 23.7. The van der Waals surface area contributed by atoms with Crippen molar-refractivity contribution in [3.8, 4) is 0 Å². The lowest BCUT2D eigenvalue weighted by Gasteiger charge is -2.38. The van der Waals surface area contributed by atoms with E-state index in [1.54, 1.807) is 4.90 Å². The van der Waals surface area contributed by atoms with Gasteiger partial charge >= 0.3 is 18.4 Å². The lowest BCUT2D eigenvalue weighted by Crippen LogP contribution is -2.46. The quantitative estimate of drug-likeness (QED) is 0.192. The molecule has 3 N–H and O–H groups in total. The van der Waals surface area contributed by atoms with Crippen LogP contribution in [0.5, 0.6) is 0 Å². The lowest BCUT2D eigenvalue weighted by atomic mass is 9.86. The zero-order valence-corrected chi connectivity index (χ0v) is 26.9. The van der Waals surface area contributed by atoms with E-state index in [0.29, 0.717) is 49.3 Å². The number of halogens is 6. The van der Waals surface area contributed by atoms with Crippen LogP contribution in [-0.4, -0.2) is 53.6 Å². The summed E-state index contributed by atoms with van der Waals surface area (Å²) >= 11 is 0. The first-order valence-electron chi connectivity index (χ1n) is 16.0. The van der Waals surface area contributed by atoms with Gasteiger partial charge in [0.1, 0.15) is 11.5 Å². The Kier molecular flexibility index (Phi) is 11.3. The molecule has 0 unspecified atom stereocenters. The molecule has 2 aliphatic rings. The predicted molar refractivity (Wildman–Crippen MR) is 168 cm³/mol. The normalized spacial score (nSPS) is 21.3. The van der Waals surface area contributed by atoms with Crippen molar-refractivity contribution in [2.75, 3.05) is 20.2 Å². The Morgan fingerprint density at radius 2 is 1.28 bits per heavy atom. The summed E-state index contributed by atoms with van der Waals surface area (Å²) in [7, 11) is 1.29. The van der Waals surface area contributed by atoms with E-state index in [1.165, 1.54) is 43.5 Å². The Balaban J connectivity index is 0.000000197. The molecular weight excluding hydrogens is 674 g/mol. The van der Waals surface area contributed by atoms with Crippen molar-refractivity contribution in [1.82, 2.24) is 20.5 Å². The largest absolute Gasteiger partial charge is 0.453 e. The molecule has 2 aromatic heterocycles. The first-order valence-corrected chi connectivity index (χ1v) is 16.0. The summed E-state index contributed by atoms with van der Waals surface area (Å²) in [6.45, 7) is 1.18. The van der Waals surface area contributed by atoms with Crippen molar-refractivity contribution >= 4 is 6.09 Å². The number of nitrogens with one attached hydrogen (secondary N) is 3. The molecule has 4 atom stereocenters. The number of carbonyl (C=O) groups is 1. The molecule has 2 aliphatic heterocycles. The number of benzene rings is 2. The second-order valence-corrected chi connectivity index (χ2v) is 12.4. The van der Waals surface area contributed by atoms with Crippen molar-refractivity contribution in [1.29, 1.82) is 0 Å². The summed E-state index contributed by atoms with van der Waals surface area (Å²) < 4.78 is 91.0. The van der Waals surface area contributed by atoms with Crippen LogP contribution in [0.15, 0.2) is 79.3 Å². The van der Waals surface area contributed by atoms with Gasteiger partial charge in [-0.1, -0.05) is 24.3 Å². The number of hydrogen-bond donors (Lipinski definition) is 3. The average Bonchev–Trinajstić information content (AvgIpc) is 3.72. The molecule has 0 aliphatic carbocycles. The Bertz CT molecular complexity index is 1810. The Hall–Kier alpha value is -4.73. The summed E-state index contributed by atoms with van der Waals surface area (Å²) in [6, 6.07) is 12.9. The van der Waals surface area contributed by atoms with Crippen molar-refractivity contribution in [2.45, 2.75) is 74.8 Å². The first kappa shape index (κ1) is 36.5. The molecule has 6 rings (SSSR count). The number of ether oxygens (including phenoxy) is 1. The van der Waals surface area contributed by atoms with E-state index in [0.717, 1.165) is 49.2 Å². The highest BCUT2D eigenvalue weighted by molar-refractivity contribution is 5.68. The Labute approximate surface area is 281 Å². The van der Waals surface area contributed by atoms with Crippen molar-refractivity contribution in [3.63, 3.8) is 0 Å². The minimum absolute atomic E-state index is 0.0655.